The van der Waals surface area contributed by atoms with Crippen molar-refractivity contribution in [2.75, 3.05) is 12.3 Å². The number of unbranched alkanes of at least 4 members (excludes halogenated alkanes) is 5. The summed E-state index contributed by atoms with van der Waals surface area (Å²) < 4.78 is 0. The van der Waals surface area contributed by atoms with Crippen molar-refractivity contribution in [1.29, 1.82) is 0 Å². The zero-order valence-electron chi connectivity index (χ0n) is 9.67. The topological polar surface area (TPSA) is 55.1 Å². The molecule has 0 bridgehead atoms. The normalized spacial score (nSPS) is 12.5. The zero-order valence-corrected chi connectivity index (χ0v) is 10.6. The van der Waals surface area contributed by atoms with Gasteiger partial charge in [0.15, 0.2) is 0 Å². The van der Waals surface area contributed by atoms with E-state index in [0.717, 1.165) is 13.0 Å². The summed E-state index contributed by atoms with van der Waals surface area (Å²) in [4.78, 5) is 11.2. The second-order valence-corrected chi connectivity index (χ2v) is 4.21. The van der Waals surface area contributed by atoms with Crippen molar-refractivity contribution in [3.05, 3.63) is 0 Å². The number of hydrogen-bond acceptors (Lipinski definition) is 3. The Morgan fingerprint density at radius 2 is 1.87 bits per heavy atom. The van der Waals surface area contributed by atoms with Crippen LogP contribution in [0.5, 0.6) is 0 Å². The third kappa shape index (κ3) is 8.75. The van der Waals surface area contributed by atoms with Gasteiger partial charge in [-0.15, -0.1) is 0 Å². The first kappa shape index (κ1) is 14.8. The van der Waals surface area contributed by atoms with E-state index in [2.05, 4.69) is 24.9 Å². The molecule has 0 spiro atoms. The molecule has 0 unspecified atom stereocenters. The predicted octanol–water partition coefficient (Wildman–Crippen LogP) is 1.72. The number of nitrogens with one attached hydrogen (secondary N) is 1. The molecule has 0 aliphatic heterocycles. The smallest absolute Gasteiger partial charge is 0.237 e. The Kier molecular flexibility index (Phi) is 10.2. The average molecular weight is 232 g/mol. The van der Waals surface area contributed by atoms with Gasteiger partial charge in [-0.3, -0.25) is 4.79 Å². The highest BCUT2D eigenvalue weighted by Gasteiger charge is 2.09. The number of hydrogen-bond donors (Lipinski definition) is 3. The molecule has 0 aliphatic carbocycles. The number of rotatable bonds is 9. The zero-order chi connectivity index (χ0) is 11.5. The van der Waals surface area contributed by atoms with Crippen LogP contribution >= 0.6 is 12.6 Å². The molecule has 0 saturated carbocycles. The van der Waals surface area contributed by atoms with Gasteiger partial charge in [-0.05, 0) is 6.42 Å². The Morgan fingerprint density at radius 3 is 2.47 bits per heavy atom. The van der Waals surface area contributed by atoms with Crippen molar-refractivity contribution in [2.24, 2.45) is 5.73 Å². The number of thiol groups is 1. The molecule has 4 heteroatoms. The largest absolute Gasteiger partial charge is 0.355 e. The van der Waals surface area contributed by atoms with Gasteiger partial charge in [0.1, 0.15) is 0 Å². The van der Waals surface area contributed by atoms with Gasteiger partial charge in [0, 0.05) is 12.3 Å². The second kappa shape index (κ2) is 10.3. The van der Waals surface area contributed by atoms with Crippen molar-refractivity contribution in [3.8, 4) is 0 Å². The quantitative estimate of drug-likeness (QED) is 0.419. The monoisotopic (exact) mass is 232 g/mol. The maximum atomic E-state index is 11.2. The number of carbonyl (C=O) groups excluding carboxylic acids is 1. The molecular formula is C11H24N2OS. The minimum Gasteiger partial charge on any atom is -0.355 e. The van der Waals surface area contributed by atoms with E-state index >= 15 is 0 Å². The van der Waals surface area contributed by atoms with Gasteiger partial charge in [-0.2, -0.15) is 12.6 Å². The van der Waals surface area contributed by atoms with E-state index in [0.29, 0.717) is 5.75 Å². The average Bonchev–Trinajstić information content (AvgIpc) is 2.26. The molecule has 0 aromatic heterocycles. The summed E-state index contributed by atoms with van der Waals surface area (Å²) in [5.41, 5.74) is 5.51. The Labute approximate surface area is 98.6 Å². The van der Waals surface area contributed by atoms with Crippen LogP contribution in [0.2, 0.25) is 0 Å². The molecule has 0 heterocycles. The van der Waals surface area contributed by atoms with Crippen molar-refractivity contribution in [3.63, 3.8) is 0 Å². The summed E-state index contributed by atoms with van der Waals surface area (Å²) in [6.45, 7) is 2.95. The SMILES string of the molecule is CCCCCCCCNC(=O)[C@H](N)CS. The second-order valence-electron chi connectivity index (χ2n) is 3.85. The van der Waals surface area contributed by atoms with Crippen LogP contribution in [0.15, 0.2) is 0 Å². The highest BCUT2D eigenvalue weighted by molar-refractivity contribution is 7.80. The van der Waals surface area contributed by atoms with Gasteiger partial charge < -0.3 is 11.1 Å². The standard InChI is InChI=1S/C11H24N2OS/c1-2-3-4-5-6-7-8-13-11(14)10(12)9-15/h10,15H,2-9,12H2,1H3,(H,13,14)/t10-/m1/s1. The van der Waals surface area contributed by atoms with Gasteiger partial charge >= 0.3 is 0 Å². The summed E-state index contributed by atoms with van der Waals surface area (Å²) in [5, 5.41) is 2.81. The lowest BCUT2D eigenvalue weighted by atomic mass is 10.1. The minimum atomic E-state index is -0.464. The van der Waals surface area contributed by atoms with Crippen molar-refractivity contribution in [2.45, 2.75) is 51.5 Å². The van der Waals surface area contributed by atoms with E-state index in [1.807, 2.05) is 0 Å². The first-order chi connectivity index (χ1) is 7.22. The van der Waals surface area contributed by atoms with Crippen LogP contribution in [0.3, 0.4) is 0 Å². The predicted molar refractivity (Wildman–Crippen MR) is 68.2 cm³/mol. The lowest BCUT2D eigenvalue weighted by molar-refractivity contribution is -0.121. The van der Waals surface area contributed by atoms with Crippen molar-refractivity contribution < 1.29 is 4.79 Å². The number of carbonyl (C=O) groups is 1. The van der Waals surface area contributed by atoms with Gasteiger partial charge in [0.05, 0.1) is 6.04 Å². The van der Waals surface area contributed by atoms with Crippen LogP contribution in [-0.2, 0) is 4.79 Å². The first-order valence-electron chi connectivity index (χ1n) is 5.86. The van der Waals surface area contributed by atoms with Crippen LogP contribution in [0.1, 0.15) is 45.4 Å². The van der Waals surface area contributed by atoms with Crippen LogP contribution in [0.25, 0.3) is 0 Å². The molecule has 15 heavy (non-hydrogen) atoms. The summed E-state index contributed by atoms with van der Waals surface area (Å²) in [6.07, 6.45) is 7.40. The van der Waals surface area contributed by atoms with Crippen LogP contribution in [-0.4, -0.2) is 24.2 Å². The third-order valence-corrected chi connectivity index (χ3v) is 2.76. The van der Waals surface area contributed by atoms with Crippen molar-refractivity contribution >= 4 is 18.5 Å². The van der Waals surface area contributed by atoms with Gasteiger partial charge in [-0.1, -0.05) is 39.0 Å². The molecule has 0 aromatic rings. The fourth-order valence-corrected chi connectivity index (χ4v) is 1.50. The molecule has 1 atom stereocenters. The molecule has 0 saturated heterocycles. The van der Waals surface area contributed by atoms with E-state index in [1.165, 1.54) is 32.1 Å². The molecule has 1 amide bonds. The molecule has 3 nitrogen and oxygen atoms in total. The number of nitrogens with two attached hydrogens (primary N) is 1. The molecule has 0 aromatic carbocycles. The third-order valence-electron chi connectivity index (χ3n) is 2.36. The summed E-state index contributed by atoms with van der Waals surface area (Å²) in [6, 6.07) is -0.464. The van der Waals surface area contributed by atoms with Crippen LogP contribution in [0.4, 0.5) is 0 Å². The molecule has 90 valence electrons. The Morgan fingerprint density at radius 1 is 1.27 bits per heavy atom. The highest BCUT2D eigenvalue weighted by Crippen LogP contribution is 2.03. The molecule has 0 aliphatic rings. The Bertz CT molecular complexity index is 165. The van der Waals surface area contributed by atoms with E-state index in [4.69, 9.17) is 5.73 Å². The molecule has 0 fully saturated rings. The maximum Gasteiger partial charge on any atom is 0.237 e. The Hall–Kier alpha value is -0.220. The van der Waals surface area contributed by atoms with Crippen molar-refractivity contribution in [1.82, 2.24) is 5.32 Å². The summed E-state index contributed by atoms with van der Waals surface area (Å²) in [5.74, 6) is 0.320. The fourth-order valence-electron chi connectivity index (χ4n) is 1.33. The van der Waals surface area contributed by atoms with E-state index in [-0.39, 0.29) is 5.91 Å². The fraction of sp³-hybridized carbons (Fsp3) is 0.909. The van der Waals surface area contributed by atoms with E-state index in [1.54, 1.807) is 0 Å². The van der Waals surface area contributed by atoms with Gasteiger partial charge in [-0.25, -0.2) is 0 Å². The minimum absolute atomic E-state index is 0.0847. The molecule has 0 rings (SSSR count). The lowest BCUT2D eigenvalue weighted by Gasteiger charge is -2.09. The summed E-state index contributed by atoms with van der Waals surface area (Å²) >= 11 is 3.97. The number of amides is 1. The molecule has 0 radical (unpaired) electrons. The molecule has 3 N–H and O–H groups in total. The van der Waals surface area contributed by atoms with Crippen LogP contribution < -0.4 is 11.1 Å². The lowest BCUT2D eigenvalue weighted by Crippen LogP contribution is -2.42. The first-order valence-corrected chi connectivity index (χ1v) is 6.49. The summed E-state index contributed by atoms with van der Waals surface area (Å²) in [7, 11) is 0. The van der Waals surface area contributed by atoms with Crippen LogP contribution in [0, 0.1) is 0 Å². The van der Waals surface area contributed by atoms with Gasteiger partial charge in [0.2, 0.25) is 5.91 Å². The van der Waals surface area contributed by atoms with Gasteiger partial charge in [0.25, 0.3) is 0 Å². The van der Waals surface area contributed by atoms with E-state index in [9.17, 15) is 4.79 Å². The van der Waals surface area contributed by atoms with E-state index < -0.39 is 6.04 Å². The molecular weight excluding hydrogens is 208 g/mol. The highest BCUT2D eigenvalue weighted by atomic mass is 32.1. The maximum absolute atomic E-state index is 11.2. The Balaban J connectivity index is 3.20.